The number of nitrogens with zero attached hydrogens (tertiary/aromatic N) is 4. The molecule has 0 fully saturated rings. The Balaban J connectivity index is 1.73. The first-order chi connectivity index (χ1) is 13.8. The van der Waals surface area contributed by atoms with Gasteiger partial charge in [-0.3, -0.25) is 4.79 Å². The van der Waals surface area contributed by atoms with E-state index in [1.54, 1.807) is 11.9 Å². The molecule has 3 rings (SSSR count). The maximum absolute atomic E-state index is 12.6. The Kier molecular flexibility index (Phi) is 6.42. The number of anilines is 1. The van der Waals surface area contributed by atoms with Crippen LogP contribution >= 0.6 is 11.8 Å². The molecule has 1 aromatic heterocycles. The van der Waals surface area contributed by atoms with Crippen LogP contribution in [0, 0.1) is 0 Å². The molecule has 6 heteroatoms. The largest absolute Gasteiger partial charge is 0.315 e. The van der Waals surface area contributed by atoms with Crippen LogP contribution < -0.4 is 4.90 Å². The molecule has 0 spiro atoms. The van der Waals surface area contributed by atoms with Crippen molar-refractivity contribution in [3.05, 3.63) is 60.2 Å². The van der Waals surface area contributed by atoms with Gasteiger partial charge in [-0.05, 0) is 30.0 Å². The summed E-state index contributed by atoms with van der Waals surface area (Å²) in [5.74, 6) is 1.18. The number of amides is 1. The predicted octanol–water partition coefficient (Wildman–Crippen LogP) is 5.02. The second-order valence-electron chi connectivity index (χ2n) is 7.95. The normalized spacial score (nSPS) is 11.5. The number of hydrogen-bond donors (Lipinski definition) is 0. The predicted molar refractivity (Wildman–Crippen MR) is 120 cm³/mol. The van der Waals surface area contributed by atoms with Crippen LogP contribution in [0.3, 0.4) is 0 Å². The summed E-state index contributed by atoms with van der Waals surface area (Å²) in [6.45, 7) is 9.42. The van der Waals surface area contributed by atoms with E-state index in [2.05, 4.69) is 66.7 Å². The molecule has 1 heterocycles. The lowest BCUT2D eigenvalue weighted by Gasteiger charge is -2.19. The van der Waals surface area contributed by atoms with Gasteiger partial charge in [0.15, 0.2) is 11.0 Å². The number of carbonyl (C=O) groups is 1. The second-order valence-corrected chi connectivity index (χ2v) is 8.90. The SMILES string of the molecule is CCn1c(SCC(=O)N(C)c2ccccc2)nnc1-c1ccc(C(C)(C)C)cc1. The number of benzene rings is 2. The van der Waals surface area contributed by atoms with Crippen molar-refractivity contribution in [2.75, 3.05) is 17.7 Å². The van der Waals surface area contributed by atoms with Crippen molar-refractivity contribution in [1.82, 2.24) is 14.8 Å². The van der Waals surface area contributed by atoms with Gasteiger partial charge < -0.3 is 9.47 Å². The van der Waals surface area contributed by atoms with Gasteiger partial charge >= 0.3 is 0 Å². The third kappa shape index (κ3) is 4.88. The van der Waals surface area contributed by atoms with Gasteiger partial charge in [0.05, 0.1) is 5.75 Å². The van der Waals surface area contributed by atoms with Crippen LogP contribution in [-0.2, 0) is 16.8 Å². The Labute approximate surface area is 177 Å². The Bertz CT molecular complexity index is 959. The summed E-state index contributed by atoms with van der Waals surface area (Å²) in [6, 6.07) is 18.1. The number of thioether (sulfide) groups is 1. The van der Waals surface area contributed by atoms with E-state index in [0.29, 0.717) is 5.75 Å². The van der Waals surface area contributed by atoms with Crippen LogP contribution in [0.4, 0.5) is 5.69 Å². The molecular weight excluding hydrogens is 380 g/mol. The first-order valence-electron chi connectivity index (χ1n) is 9.79. The number of hydrogen-bond acceptors (Lipinski definition) is 4. The Morgan fingerprint density at radius 3 is 2.28 bits per heavy atom. The number of aromatic nitrogens is 3. The molecule has 152 valence electrons. The standard InChI is InChI=1S/C23H28N4OS/c1-6-27-21(17-12-14-18(15-13-17)23(2,3)4)24-25-22(27)29-16-20(28)26(5)19-10-8-7-9-11-19/h7-15H,6,16H2,1-5H3. The van der Waals surface area contributed by atoms with Crippen molar-refractivity contribution >= 4 is 23.4 Å². The molecule has 0 saturated heterocycles. The van der Waals surface area contributed by atoms with Crippen molar-refractivity contribution < 1.29 is 4.79 Å². The minimum atomic E-state index is 0.0305. The summed E-state index contributed by atoms with van der Waals surface area (Å²) in [6.07, 6.45) is 0. The fourth-order valence-electron chi connectivity index (χ4n) is 3.03. The lowest BCUT2D eigenvalue weighted by molar-refractivity contribution is -0.115. The quantitative estimate of drug-likeness (QED) is 0.538. The van der Waals surface area contributed by atoms with Crippen molar-refractivity contribution in [2.24, 2.45) is 0 Å². The average molecular weight is 409 g/mol. The van der Waals surface area contributed by atoms with Crippen LogP contribution in [0.1, 0.15) is 33.3 Å². The van der Waals surface area contributed by atoms with Gasteiger partial charge in [0, 0.05) is 24.8 Å². The third-order valence-corrected chi connectivity index (χ3v) is 5.84. The molecule has 0 saturated carbocycles. The fraction of sp³-hybridized carbons (Fsp3) is 0.348. The molecule has 0 aliphatic heterocycles. The average Bonchev–Trinajstić information content (AvgIpc) is 3.14. The lowest BCUT2D eigenvalue weighted by atomic mass is 9.87. The third-order valence-electron chi connectivity index (χ3n) is 4.88. The number of rotatable bonds is 6. The molecule has 3 aromatic rings. The van der Waals surface area contributed by atoms with E-state index in [4.69, 9.17) is 0 Å². The summed E-state index contributed by atoms with van der Waals surface area (Å²) in [7, 11) is 1.80. The van der Waals surface area contributed by atoms with Crippen LogP contribution in [-0.4, -0.2) is 33.5 Å². The topological polar surface area (TPSA) is 51.0 Å². The van der Waals surface area contributed by atoms with E-state index in [-0.39, 0.29) is 11.3 Å². The molecule has 1 amide bonds. The highest BCUT2D eigenvalue weighted by Crippen LogP contribution is 2.28. The molecule has 0 unspecified atom stereocenters. The van der Waals surface area contributed by atoms with E-state index in [9.17, 15) is 4.79 Å². The summed E-state index contributed by atoms with van der Waals surface area (Å²) in [4.78, 5) is 14.2. The Hall–Kier alpha value is -2.60. The molecule has 0 aliphatic carbocycles. The highest BCUT2D eigenvalue weighted by atomic mass is 32.2. The van der Waals surface area contributed by atoms with E-state index in [0.717, 1.165) is 28.8 Å². The summed E-state index contributed by atoms with van der Waals surface area (Å²) in [5.41, 5.74) is 3.32. The Morgan fingerprint density at radius 1 is 1.03 bits per heavy atom. The molecule has 5 nitrogen and oxygen atoms in total. The maximum atomic E-state index is 12.6. The maximum Gasteiger partial charge on any atom is 0.237 e. The Morgan fingerprint density at radius 2 is 1.69 bits per heavy atom. The zero-order valence-corrected chi connectivity index (χ0v) is 18.5. The monoisotopic (exact) mass is 408 g/mol. The molecule has 0 atom stereocenters. The van der Waals surface area contributed by atoms with Gasteiger partial charge in [-0.25, -0.2) is 0 Å². The summed E-state index contributed by atoms with van der Waals surface area (Å²) >= 11 is 1.42. The lowest BCUT2D eigenvalue weighted by Crippen LogP contribution is -2.27. The van der Waals surface area contributed by atoms with Gasteiger partial charge in [0.1, 0.15) is 0 Å². The molecular formula is C23H28N4OS. The highest BCUT2D eigenvalue weighted by molar-refractivity contribution is 7.99. The highest BCUT2D eigenvalue weighted by Gasteiger charge is 2.18. The second kappa shape index (κ2) is 8.82. The van der Waals surface area contributed by atoms with Crippen LogP contribution in [0.25, 0.3) is 11.4 Å². The van der Waals surface area contributed by atoms with E-state index < -0.39 is 0 Å². The molecule has 0 N–H and O–H groups in total. The number of para-hydroxylation sites is 1. The molecule has 29 heavy (non-hydrogen) atoms. The van der Waals surface area contributed by atoms with Crippen molar-refractivity contribution in [1.29, 1.82) is 0 Å². The van der Waals surface area contributed by atoms with Crippen molar-refractivity contribution in [3.63, 3.8) is 0 Å². The van der Waals surface area contributed by atoms with E-state index in [1.807, 2.05) is 30.3 Å². The van der Waals surface area contributed by atoms with Gasteiger partial charge in [-0.2, -0.15) is 0 Å². The first-order valence-corrected chi connectivity index (χ1v) is 10.8. The van der Waals surface area contributed by atoms with Crippen LogP contribution in [0.15, 0.2) is 59.8 Å². The van der Waals surface area contributed by atoms with Crippen molar-refractivity contribution in [3.8, 4) is 11.4 Å². The molecule has 0 aliphatic rings. The van der Waals surface area contributed by atoms with E-state index >= 15 is 0 Å². The fourth-order valence-corrected chi connectivity index (χ4v) is 3.95. The van der Waals surface area contributed by atoms with E-state index in [1.165, 1.54) is 17.3 Å². The summed E-state index contributed by atoms with van der Waals surface area (Å²) in [5, 5.41) is 9.50. The molecule has 0 radical (unpaired) electrons. The summed E-state index contributed by atoms with van der Waals surface area (Å²) < 4.78 is 2.06. The molecule has 0 bridgehead atoms. The zero-order valence-electron chi connectivity index (χ0n) is 17.7. The van der Waals surface area contributed by atoms with Crippen molar-refractivity contribution in [2.45, 2.75) is 44.8 Å². The molecule has 2 aromatic carbocycles. The van der Waals surface area contributed by atoms with Gasteiger partial charge in [0.2, 0.25) is 5.91 Å². The first kappa shape index (κ1) is 21.1. The minimum Gasteiger partial charge on any atom is -0.315 e. The van der Waals surface area contributed by atoms with Crippen LogP contribution in [0.2, 0.25) is 0 Å². The number of carbonyl (C=O) groups excluding carboxylic acids is 1. The van der Waals surface area contributed by atoms with Crippen LogP contribution in [0.5, 0.6) is 0 Å². The smallest absolute Gasteiger partial charge is 0.237 e. The van der Waals surface area contributed by atoms with Gasteiger partial charge in [0.25, 0.3) is 0 Å². The minimum absolute atomic E-state index is 0.0305. The van der Waals surface area contributed by atoms with Gasteiger partial charge in [-0.15, -0.1) is 10.2 Å². The van der Waals surface area contributed by atoms with Gasteiger partial charge in [-0.1, -0.05) is 75.0 Å². The zero-order chi connectivity index (χ0) is 21.0.